The Kier molecular flexibility index (Phi) is 5.65. The molecule has 0 spiro atoms. The van der Waals surface area contributed by atoms with E-state index >= 15 is 0 Å². The van der Waals surface area contributed by atoms with Gasteiger partial charge in [0.15, 0.2) is 0 Å². The van der Waals surface area contributed by atoms with Crippen LogP contribution < -0.4 is 0 Å². The molecule has 0 aromatic carbocycles. The van der Waals surface area contributed by atoms with E-state index in [-0.39, 0.29) is 0 Å². The van der Waals surface area contributed by atoms with Gasteiger partial charge in [0.2, 0.25) is 0 Å². The maximum atomic E-state index is 11.7. The summed E-state index contributed by atoms with van der Waals surface area (Å²) in [6.07, 6.45) is 2.19. The van der Waals surface area contributed by atoms with E-state index in [0.29, 0.717) is 12.6 Å². The molecule has 0 aromatic rings. The van der Waals surface area contributed by atoms with Crippen molar-refractivity contribution in [2.24, 2.45) is 0 Å². The number of hydrogen-bond donors (Lipinski definition) is 0. The van der Waals surface area contributed by atoms with Crippen molar-refractivity contribution >= 4 is 14.3 Å². The van der Waals surface area contributed by atoms with Crippen molar-refractivity contribution in [2.45, 2.75) is 13.3 Å². The zero-order valence-corrected chi connectivity index (χ0v) is 11.8. The van der Waals surface area contributed by atoms with E-state index in [1.54, 1.807) is 26.7 Å². The summed E-state index contributed by atoms with van der Waals surface area (Å²) in [5, 5.41) is 0. The molecule has 0 fully saturated rings. The largest absolute Gasteiger partial charge is 0.323 e. The van der Waals surface area contributed by atoms with Gasteiger partial charge in [0.25, 0.3) is 0 Å². The minimum atomic E-state index is -2.03. The van der Waals surface area contributed by atoms with Gasteiger partial charge in [-0.3, -0.25) is 4.90 Å². The fourth-order valence-corrected chi connectivity index (χ4v) is 4.03. The summed E-state index contributed by atoms with van der Waals surface area (Å²) >= 11 is 0. The molecule has 0 saturated heterocycles. The van der Waals surface area contributed by atoms with E-state index in [4.69, 9.17) is 0 Å². The van der Waals surface area contributed by atoms with Gasteiger partial charge in [0, 0.05) is 0 Å². The van der Waals surface area contributed by atoms with E-state index < -0.39 is 14.3 Å². The van der Waals surface area contributed by atoms with Crippen molar-refractivity contribution in [3.8, 4) is 0 Å². The van der Waals surface area contributed by atoms with E-state index in [1.807, 2.05) is 0 Å². The minimum absolute atomic E-state index is 0.590. The van der Waals surface area contributed by atoms with E-state index in [0.717, 1.165) is 13.0 Å². The molecule has 5 heteroatoms. The highest BCUT2D eigenvalue weighted by molar-refractivity contribution is 7.63. The molecule has 0 bridgehead atoms. The van der Waals surface area contributed by atoms with Crippen LogP contribution in [0.4, 0.5) is 0 Å². The molecule has 0 radical (unpaired) electrons. The molecule has 86 valence electrons. The van der Waals surface area contributed by atoms with Gasteiger partial charge in [0.05, 0.1) is 26.9 Å². The van der Waals surface area contributed by atoms with Crippen molar-refractivity contribution in [3.63, 3.8) is 0 Å². The van der Waals surface area contributed by atoms with Crippen molar-refractivity contribution in [1.29, 1.82) is 0 Å². The fraction of sp³-hybridized carbons (Fsp3) is 1.00. The van der Waals surface area contributed by atoms with Crippen LogP contribution in [0, 0.1) is 0 Å². The van der Waals surface area contributed by atoms with Gasteiger partial charge in [0.1, 0.15) is 0 Å². The summed E-state index contributed by atoms with van der Waals surface area (Å²) in [5.74, 6) is 0. The van der Waals surface area contributed by atoms with Crippen molar-refractivity contribution in [2.75, 3.05) is 45.8 Å². The lowest BCUT2D eigenvalue weighted by atomic mass is 10.5. The molecule has 0 aliphatic heterocycles. The second-order valence-corrected chi connectivity index (χ2v) is 11.7. The van der Waals surface area contributed by atoms with Gasteiger partial charge < -0.3 is 9.13 Å². The maximum absolute atomic E-state index is 11.7. The van der Waals surface area contributed by atoms with Gasteiger partial charge in [-0.2, -0.15) is 0 Å². The monoisotopic (exact) mass is 239 g/mol. The second-order valence-electron chi connectivity index (χ2n) is 4.83. The standard InChI is InChI=1S/C9H23NO2P2/c1-6-7-10(8-13(2,3)11)9-14(4,5)12/h6-9H2,1-5H3. The summed E-state index contributed by atoms with van der Waals surface area (Å²) in [6, 6.07) is 0. The minimum Gasteiger partial charge on any atom is -0.323 e. The summed E-state index contributed by atoms with van der Waals surface area (Å²) in [6.45, 7) is 10.1. The van der Waals surface area contributed by atoms with Crippen LogP contribution in [-0.4, -0.2) is 50.7 Å². The highest BCUT2D eigenvalue weighted by Crippen LogP contribution is 2.41. The average Bonchev–Trinajstić information content (AvgIpc) is 1.78. The van der Waals surface area contributed by atoms with Gasteiger partial charge in [-0.1, -0.05) is 6.92 Å². The van der Waals surface area contributed by atoms with Crippen LogP contribution in [0.5, 0.6) is 0 Å². The first-order chi connectivity index (χ1) is 6.14. The first-order valence-corrected chi connectivity index (χ1v) is 10.5. The van der Waals surface area contributed by atoms with Crippen LogP contribution in [0.3, 0.4) is 0 Å². The van der Waals surface area contributed by atoms with Crippen molar-refractivity contribution in [1.82, 2.24) is 4.90 Å². The molecular weight excluding hydrogens is 216 g/mol. The van der Waals surface area contributed by atoms with E-state index in [2.05, 4.69) is 11.8 Å². The number of rotatable bonds is 6. The SMILES string of the molecule is CCCN(CP(C)(C)=O)CP(C)(C)=O. The molecule has 0 saturated carbocycles. The average molecular weight is 239 g/mol. The molecule has 0 atom stereocenters. The van der Waals surface area contributed by atoms with Crippen molar-refractivity contribution < 1.29 is 9.13 Å². The van der Waals surface area contributed by atoms with E-state index in [1.165, 1.54) is 0 Å². The number of hydrogen-bond acceptors (Lipinski definition) is 3. The van der Waals surface area contributed by atoms with Gasteiger partial charge in [-0.25, -0.2) is 0 Å². The predicted octanol–water partition coefficient (Wildman–Crippen LogP) is 2.86. The Balaban J connectivity index is 4.31. The Labute approximate surface area is 88.0 Å². The molecule has 0 aromatic heterocycles. The summed E-state index contributed by atoms with van der Waals surface area (Å²) in [4.78, 5) is 2.07. The van der Waals surface area contributed by atoms with Gasteiger partial charge in [-0.15, -0.1) is 0 Å². The third kappa shape index (κ3) is 8.99. The highest BCUT2D eigenvalue weighted by atomic mass is 31.2. The van der Waals surface area contributed by atoms with E-state index in [9.17, 15) is 9.13 Å². The quantitative estimate of drug-likeness (QED) is 0.669. The molecule has 0 rings (SSSR count). The lowest BCUT2D eigenvalue weighted by Gasteiger charge is -2.25. The summed E-state index contributed by atoms with van der Waals surface area (Å²) in [5.41, 5.74) is 0. The molecule has 0 amide bonds. The Bertz CT molecular complexity index is 230. The Morgan fingerprint density at radius 1 is 0.929 bits per heavy atom. The molecule has 0 N–H and O–H groups in total. The summed E-state index contributed by atoms with van der Waals surface area (Å²) in [7, 11) is -4.07. The summed E-state index contributed by atoms with van der Waals surface area (Å²) < 4.78 is 23.3. The van der Waals surface area contributed by atoms with Crippen LogP contribution >= 0.6 is 14.3 Å². The molecule has 14 heavy (non-hydrogen) atoms. The lowest BCUT2D eigenvalue weighted by Crippen LogP contribution is -2.26. The molecule has 0 aliphatic rings. The maximum Gasteiger partial charge on any atom is 0.0951 e. The number of nitrogens with zero attached hydrogens (tertiary/aromatic N) is 1. The zero-order valence-electron chi connectivity index (χ0n) is 9.99. The van der Waals surface area contributed by atoms with Gasteiger partial charge >= 0.3 is 0 Å². The van der Waals surface area contributed by atoms with Crippen LogP contribution in [0.2, 0.25) is 0 Å². The molecule has 3 nitrogen and oxygen atoms in total. The molecule has 0 unspecified atom stereocenters. The predicted molar refractivity (Wildman–Crippen MR) is 65.6 cm³/mol. The Morgan fingerprint density at radius 3 is 1.50 bits per heavy atom. The molecular formula is C9H23NO2P2. The first kappa shape index (κ1) is 14.4. The topological polar surface area (TPSA) is 37.4 Å². The van der Waals surface area contributed by atoms with Crippen LogP contribution in [-0.2, 0) is 9.13 Å². The van der Waals surface area contributed by atoms with Crippen molar-refractivity contribution in [3.05, 3.63) is 0 Å². The fourth-order valence-electron chi connectivity index (χ4n) is 1.47. The first-order valence-electron chi connectivity index (χ1n) is 4.94. The zero-order chi connectivity index (χ0) is 11.4. The van der Waals surface area contributed by atoms with Crippen LogP contribution in [0.1, 0.15) is 13.3 Å². The second kappa shape index (κ2) is 5.49. The molecule has 0 heterocycles. The lowest BCUT2D eigenvalue weighted by molar-refractivity contribution is 0.358. The smallest absolute Gasteiger partial charge is 0.0951 e. The van der Waals surface area contributed by atoms with Gasteiger partial charge in [-0.05, 0) is 39.6 Å². The third-order valence-corrected chi connectivity index (χ3v) is 3.78. The Morgan fingerprint density at radius 2 is 1.29 bits per heavy atom. The van der Waals surface area contributed by atoms with Crippen LogP contribution in [0.25, 0.3) is 0 Å². The normalized spacial score (nSPS) is 13.6. The Hall–Kier alpha value is 0.420. The third-order valence-electron chi connectivity index (χ3n) is 1.62. The van der Waals surface area contributed by atoms with Crippen LogP contribution in [0.15, 0.2) is 0 Å². The highest BCUT2D eigenvalue weighted by Gasteiger charge is 2.18. The molecule has 0 aliphatic carbocycles.